The van der Waals surface area contributed by atoms with Crippen molar-refractivity contribution in [3.63, 3.8) is 0 Å². The second-order valence-electron chi connectivity index (χ2n) is 6.08. The molecule has 3 heteroatoms. The molecule has 2 saturated heterocycles. The Labute approximate surface area is 100 Å². The van der Waals surface area contributed by atoms with Gasteiger partial charge >= 0.3 is 0 Å². The molecule has 0 N–H and O–H groups in total. The zero-order chi connectivity index (χ0) is 11.5. The van der Waals surface area contributed by atoms with Gasteiger partial charge < -0.3 is 14.7 Å². The van der Waals surface area contributed by atoms with Gasteiger partial charge in [0.2, 0.25) is 0 Å². The molecular formula is C13H27N3. The first-order chi connectivity index (χ1) is 7.63. The van der Waals surface area contributed by atoms with E-state index < -0.39 is 0 Å². The summed E-state index contributed by atoms with van der Waals surface area (Å²) in [6.45, 7) is 15.0. The van der Waals surface area contributed by atoms with Crippen molar-refractivity contribution >= 4 is 0 Å². The summed E-state index contributed by atoms with van der Waals surface area (Å²) < 4.78 is 0. The summed E-state index contributed by atoms with van der Waals surface area (Å²) in [4.78, 5) is 7.70. The summed E-state index contributed by atoms with van der Waals surface area (Å²) >= 11 is 0. The highest BCUT2D eigenvalue weighted by molar-refractivity contribution is 4.82. The molecule has 94 valence electrons. The van der Waals surface area contributed by atoms with Gasteiger partial charge in [0.15, 0.2) is 0 Å². The van der Waals surface area contributed by atoms with Crippen LogP contribution in [0.1, 0.15) is 13.8 Å². The van der Waals surface area contributed by atoms with E-state index >= 15 is 0 Å². The summed E-state index contributed by atoms with van der Waals surface area (Å²) in [7, 11) is 2.22. The van der Waals surface area contributed by atoms with Crippen LogP contribution in [-0.4, -0.2) is 74.1 Å². The third-order valence-electron chi connectivity index (χ3n) is 3.74. The predicted molar refractivity (Wildman–Crippen MR) is 68.7 cm³/mol. The molecule has 3 nitrogen and oxygen atoms in total. The smallest absolute Gasteiger partial charge is 0.0110 e. The molecule has 2 aliphatic heterocycles. The van der Waals surface area contributed by atoms with Crippen LogP contribution in [0.15, 0.2) is 0 Å². The molecule has 2 fully saturated rings. The molecule has 0 saturated carbocycles. The average Bonchev–Trinajstić information content (AvgIpc) is 2.18. The lowest BCUT2D eigenvalue weighted by atomic mass is 10.0. The topological polar surface area (TPSA) is 9.72 Å². The van der Waals surface area contributed by atoms with E-state index in [1.807, 2.05) is 0 Å². The monoisotopic (exact) mass is 225 g/mol. The fraction of sp³-hybridized carbons (Fsp3) is 1.00. The summed E-state index contributed by atoms with van der Waals surface area (Å²) in [5.74, 6) is 1.76. The largest absolute Gasteiger partial charge is 0.306 e. The summed E-state index contributed by atoms with van der Waals surface area (Å²) in [6.07, 6.45) is 0. The van der Waals surface area contributed by atoms with Crippen LogP contribution >= 0.6 is 0 Å². The van der Waals surface area contributed by atoms with Crippen molar-refractivity contribution in [2.75, 3.05) is 59.4 Å². The number of hydrogen-bond donors (Lipinski definition) is 0. The molecule has 0 aliphatic carbocycles. The van der Waals surface area contributed by atoms with Gasteiger partial charge in [0.05, 0.1) is 0 Å². The van der Waals surface area contributed by atoms with E-state index in [1.165, 1.54) is 52.4 Å². The zero-order valence-electron chi connectivity index (χ0n) is 11.2. The van der Waals surface area contributed by atoms with E-state index in [0.717, 1.165) is 11.8 Å². The average molecular weight is 225 g/mol. The lowest BCUT2D eigenvalue weighted by molar-refractivity contribution is 0.0591. The molecule has 0 unspecified atom stereocenters. The van der Waals surface area contributed by atoms with Crippen LogP contribution in [0, 0.1) is 11.8 Å². The van der Waals surface area contributed by atoms with Crippen molar-refractivity contribution in [1.29, 1.82) is 0 Å². The first kappa shape index (κ1) is 12.3. The predicted octanol–water partition coefficient (Wildman–Crippen LogP) is 0.822. The third-order valence-corrected chi connectivity index (χ3v) is 3.74. The number of rotatable bonds is 4. The van der Waals surface area contributed by atoms with Gasteiger partial charge in [0.25, 0.3) is 0 Å². The molecule has 2 rings (SSSR count). The maximum Gasteiger partial charge on any atom is 0.0110 e. The van der Waals surface area contributed by atoms with Crippen molar-refractivity contribution in [3.8, 4) is 0 Å². The minimum absolute atomic E-state index is 0.812. The molecule has 2 heterocycles. The zero-order valence-corrected chi connectivity index (χ0v) is 11.2. The summed E-state index contributed by atoms with van der Waals surface area (Å²) in [5.41, 5.74) is 0. The second kappa shape index (κ2) is 5.48. The summed E-state index contributed by atoms with van der Waals surface area (Å²) in [5, 5.41) is 0. The maximum atomic E-state index is 2.66. The first-order valence-corrected chi connectivity index (χ1v) is 6.76. The van der Waals surface area contributed by atoms with Gasteiger partial charge in [-0.3, -0.25) is 0 Å². The van der Waals surface area contributed by atoms with Crippen LogP contribution in [0.2, 0.25) is 0 Å². The van der Waals surface area contributed by atoms with E-state index in [-0.39, 0.29) is 0 Å². The number of likely N-dealkylation sites (tertiary alicyclic amines) is 1. The van der Waals surface area contributed by atoms with Crippen molar-refractivity contribution < 1.29 is 0 Å². The van der Waals surface area contributed by atoms with E-state index in [4.69, 9.17) is 0 Å². The Kier molecular flexibility index (Phi) is 4.22. The molecule has 2 aliphatic rings. The first-order valence-electron chi connectivity index (χ1n) is 6.76. The molecule has 0 spiro atoms. The molecule has 0 amide bonds. The van der Waals surface area contributed by atoms with Gasteiger partial charge in [-0.2, -0.15) is 0 Å². The van der Waals surface area contributed by atoms with Crippen LogP contribution < -0.4 is 0 Å². The Hall–Kier alpha value is -0.120. The van der Waals surface area contributed by atoms with Gasteiger partial charge in [-0.1, -0.05) is 13.8 Å². The van der Waals surface area contributed by atoms with Crippen molar-refractivity contribution in [3.05, 3.63) is 0 Å². The molecular weight excluding hydrogens is 198 g/mol. The van der Waals surface area contributed by atoms with Gasteiger partial charge in [0, 0.05) is 52.4 Å². The minimum atomic E-state index is 0.812. The fourth-order valence-electron chi connectivity index (χ4n) is 2.98. The van der Waals surface area contributed by atoms with Gasteiger partial charge in [-0.15, -0.1) is 0 Å². The standard InChI is InChI=1S/C13H27N3/c1-12(2)8-15-4-6-16(7-5-15)11-13-9-14(3)10-13/h12-13H,4-11H2,1-3H3. The lowest BCUT2D eigenvalue weighted by Crippen LogP contribution is -2.53. The van der Waals surface area contributed by atoms with Crippen LogP contribution in [0.5, 0.6) is 0 Å². The number of hydrogen-bond acceptors (Lipinski definition) is 3. The van der Waals surface area contributed by atoms with Crippen LogP contribution in [0.3, 0.4) is 0 Å². The van der Waals surface area contributed by atoms with E-state index in [2.05, 4.69) is 35.6 Å². The molecule has 0 aromatic rings. The van der Waals surface area contributed by atoms with Gasteiger partial charge in [-0.05, 0) is 18.9 Å². The minimum Gasteiger partial charge on any atom is -0.306 e. The molecule has 0 radical (unpaired) electrons. The van der Waals surface area contributed by atoms with Gasteiger partial charge in [-0.25, -0.2) is 0 Å². The summed E-state index contributed by atoms with van der Waals surface area (Å²) in [6, 6.07) is 0. The molecule has 0 aromatic carbocycles. The Morgan fingerprint density at radius 1 is 1.00 bits per heavy atom. The van der Waals surface area contributed by atoms with Crippen molar-refractivity contribution in [2.45, 2.75) is 13.8 Å². The quantitative estimate of drug-likeness (QED) is 0.701. The van der Waals surface area contributed by atoms with Crippen LogP contribution in [0.25, 0.3) is 0 Å². The second-order valence-corrected chi connectivity index (χ2v) is 6.08. The Balaban J connectivity index is 1.61. The molecule has 0 bridgehead atoms. The Bertz CT molecular complexity index is 203. The SMILES string of the molecule is CC(C)CN1CCN(CC2CN(C)C2)CC1. The molecule has 16 heavy (non-hydrogen) atoms. The van der Waals surface area contributed by atoms with Crippen LogP contribution in [-0.2, 0) is 0 Å². The van der Waals surface area contributed by atoms with Crippen molar-refractivity contribution in [2.24, 2.45) is 11.8 Å². The number of nitrogens with zero attached hydrogens (tertiary/aromatic N) is 3. The van der Waals surface area contributed by atoms with Gasteiger partial charge in [0.1, 0.15) is 0 Å². The highest BCUT2D eigenvalue weighted by atomic mass is 15.3. The normalized spacial score (nSPS) is 26.2. The lowest BCUT2D eigenvalue weighted by Gasteiger charge is -2.42. The molecule has 0 atom stereocenters. The highest BCUT2D eigenvalue weighted by Crippen LogP contribution is 2.15. The number of piperazine rings is 1. The maximum absolute atomic E-state index is 2.66. The third kappa shape index (κ3) is 3.44. The molecule has 0 aromatic heterocycles. The van der Waals surface area contributed by atoms with Crippen LogP contribution in [0.4, 0.5) is 0 Å². The van der Waals surface area contributed by atoms with E-state index in [9.17, 15) is 0 Å². The Morgan fingerprint density at radius 3 is 2.06 bits per heavy atom. The Morgan fingerprint density at radius 2 is 1.56 bits per heavy atom. The van der Waals surface area contributed by atoms with E-state index in [0.29, 0.717) is 0 Å². The fourth-order valence-corrected chi connectivity index (χ4v) is 2.98. The highest BCUT2D eigenvalue weighted by Gasteiger charge is 2.26. The van der Waals surface area contributed by atoms with E-state index in [1.54, 1.807) is 0 Å². The van der Waals surface area contributed by atoms with Crippen molar-refractivity contribution in [1.82, 2.24) is 14.7 Å².